The van der Waals surface area contributed by atoms with Crippen LogP contribution in [0.15, 0.2) is 83.8 Å². The van der Waals surface area contributed by atoms with Gasteiger partial charge in [-0.2, -0.15) is 0 Å². The van der Waals surface area contributed by atoms with E-state index >= 15 is 0 Å². The van der Waals surface area contributed by atoms with Crippen molar-refractivity contribution in [2.24, 2.45) is 0 Å². The van der Waals surface area contributed by atoms with Gasteiger partial charge in [-0.15, -0.1) is 0 Å². The number of aryl methyl sites for hydroxylation is 2. The first-order valence-electron chi connectivity index (χ1n) is 12.3. The number of hydrogen-bond acceptors (Lipinski definition) is 4. The molecular formula is C29H35N3O4S. The summed E-state index contributed by atoms with van der Waals surface area (Å²) in [5.41, 5.74) is 3.26. The van der Waals surface area contributed by atoms with Crippen molar-refractivity contribution in [3.63, 3.8) is 0 Å². The first kappa shape index (κ1) is 27.9. The molecule has 2 amide bonds. The van der Waals surface area contributed by atoms with Crippen LogP contribution in [0.1, 0.15) is 37.5 Å². The zero-order chi connectivity index (χ0) is 27.2. The van der Waals surface area contributed by atoms with E-state index in [1.807, 2.05) is 52.0 Å². The zero-order valence-corrected chi connectivity index (χ0v) is 22.8. The second kappa shape index (κ2) is 12.1. The monoisotopic (exact) mass is 521 g/mol. The third-order valence-electron chi connectivity index (χ3n) is 6.00. The second-order valence-corrected chi connectivity index (χ2v) is 11.4. The van der Waals surface area contributed by atoms with E-state index in [2.05, 4.69) is 5.32 Å². The van der Waals surface area contributed by atoms with Gasteiger partial charge in [0.05, 0.1) is 10.6 Å². The third-order valence-corrected chi connectivity index (χ3v) is 7.79. The Labute approximate surface area is 220 Å². The lowest BCUT2D eigenvalue weighted by Gasteiger charge is -2.32. The van der Waals surface area contributed by atoms with Gasteiger partial charge in [0.15, 0.2) is 0 Å². The highest BCUT2D eigenvalue weighted by atomic mass is 32.2. The normalized spacial score (nSPS) is 12.2. The zero-order valence-electron chi connectivity index (χ0n) is 22.0. The molecular weight excluding hydrogens is 486 g/mol. The molecule has 0 aliphatic carbocycles. The second-order valence-electron chi connectivity index (χ2n) is 9.51. The fraction of sp³-hybridized carbons (Fsp3) is 0.310. The molecule has 0 aliphatic heterocycles. The number of sulfonamides is 1. The number of hydrogen-bond donors (Lipinski definition) is 1. The van der Waals surface area contributed by atoms with E-state index < -0.39 is 28.5 Å². The molecule has 0 unspecified atom stereocenters. The van der Waals surface area contributed by atoms with Crippen LogP contribution in [-0.4, -0.2) is 43.8 Å². The van der Waals surface area contributed by atoms with Crippen LogP contribution in [0.3, 0.4) is 0 Å². The topological polar surface area (TPSA) is 86.8 Å². The molecule has 0 heterocycles. The van der Waals surface area contributed by atoms with Gasteiger partial charge in [0.2, 0.25) is 11.8 Å². The minimum absolute atomic E-state index is 0.0825. The van der Waals surface area contributed by atoms with Crippen LogP contribution < -0.4 is 9.62 Å². The van der Waals surface area contributed by atoms with Crippen molar-refractivity contribution in [2.75, 3.05) is 10.8 Å². The molecule has 37 heavy (non-hydrogen) atoms. The highest BCUT2D eigenvalue weighted by Crippen LogP contribution is 2.25. The van der Waals surface area contributed by atoms with Crippen LogP contribution in [0.25, 0.3) is 0 Å². The summed E-state index contributed by atoms with van der Waals surface area (Å²) in [6.45, 7) is 8.95. The van der Waals surface area contributed by atoms with Crippen molar-refractivity contribution in [3.8, 4) is 0 Å². The number of amides is 2. The quantitative estimate of drug-likeness (QED) is 0.427. The number of benzene rings is 3. The van der Waals surface area contributed by atoms with Crippen molar-refractivity contribution >= 4 is 27.5 Å². The number of nitrogens with zero attached hydrogens (tertiary/aromatic N) is 2. The maximum atomic E-state index is 13.8. The van der Waals surface area contributed by atoms with Gasteiger partial charge in [-0.1, -0.05) is 65.7 Å². The smallest absolute Gasteiger partial charge is 0.264 e. The van der Waals surface area contributed by atoms with Crippen LogP contribution in [0.4, 0.5) is 5.69 Å². The van der Waals surface area contributed by atoms with E-state index in [9.17, 15) is 18.0 Å². The van der Waals surface area contributed by atoms with Gasteiger partial charge < -0.3 is 10.2 Å². The molecule has 0 aliphatic rings. The highest BCUT2D eigenvalue weighted by Gasteiger charge is 2.32. The number of anilines is 1. The molecule has 0 fully saturated rings. The molecule has 3 rings (SSSR count). The van der Waals surface area contributed by atoms with Crippen molar-refractivity contribution in [2.45, 2.75) is 58.1 Å². The maximum Gasteiger partial charge on any atom is 0.264 e. The summed E-state index contributed by atoms with van der Waals surface area (Å²) in [6.07, 6.45) is 0. The summed E-state index contributed by atoms with van der Waals surface area (Å²) < 4.78 is 28.5. The molecule has 3 aromatic carbocycles. The van der Waals surface area contributed by atoms with Crippen LogP contribution >= 0.6 is 0 Å². The van der Waals surface area contributed by atoms with Gasteiger partial charge in [-0.25, -0.2) is 8.42 Å². The van der Waals surface area contributed by atoms with Crippen molar-refractivity contribution in [1.29, 1.82) is 0 Å². The van der Waals surface area contributed by atoms with Crippen molar-refractivity contribution in [3.05, 3.63) is 95.6 Å². The Morgan fingerprint density at radius 3 is 1.89 bits per heavy atom. The highest BCUT2D eigenvalue weighted by molar-refractivity contribution is 7.92. The van der Waals surface area contributed by atoms with Gasteiger partial charge in [0, 0.05) is 12.6 Å². The largest absolute Gasteiger partial charge is 0.352 e. The number of carbonyl (C=O) groups excluding carboxylic acids is 2. The molecule has 0 spiro atoms. The predicted molar refractivity (Wildman–Crippen MR) is 147 cm³/mol. The molecule has 0 aromatic heterocycles. The summed E-state index contributed by atoms with van der Waals surface area (Å²) in [6, 6.07) is 21.8. The molecule has 3 aromatic rings. The Morgan fingerprint density at radius 1 is 0.811 bits per heavy atom. The van der Waals surface area contributed by atoms with Crippen molar-refractivity contribution in [1.82, 2.24) is 10.2 Å². The Morgan fingerprint density at radius 2 is 1.35 bits per heavy atom. The lowest BCUT2D eigenvalue weighted by atomic mass is 10.1. The van der Waals surface area contributed by atoms with E-state index in [1.54, 1.807) is 49.4 Å². The fourth-order valence-electron chi connectivity index (χ4n) is 3.84. The SMILES string of the molecule is Cc1ccc(CN(C(=O)CN(c2ccc(C)cc2)S(=O)(=O)c2ccccc2)[C@@H](C)C(=O)NC(C)C)cc1. The Bertz CT molecular complexity index is 1310. The lowest BCUT2D eigenvalue weighted by molar-refractivity contribution is -0.139. The Kier molecular flexibility index (Phi) is 9.10. The predicted octanol–water partition coefficient (Wildman–Crippen LogP) is 4.44. The minimum Gasteiger partial charge on any atom is -0.352 e. The van der Waals surface area contributed by atoms with Crippen LogP contribution in [0.2, 0.25) is 0 Å². The van der Waals surface area contributed by atoms with Gasteiger partial charge in [-0.05, 0) is 64.4 Å². The summed E-state index contributed by atoms with van der Waals surface area (Å²) in [5.74, 6) is -0.782. The minimum atomic E-state index is -4.05. The van der Waals surface area contributed by atoms with Crippen molar-refractivity contribution < 1.29 is 18.0 Å². The molecule has 7 nitrogen and oxygen atoms in total. The summed E-state index contributed by atoms with van der Waals surface area (Å²) in [7, 11) is -4.05. The van der Waals surface area contributed by atoms with Crippen LogP contribution in [-0.2, 0) is 26.2 Å². The maximum absolute atomic E-state index is 13.8. The standard InChI is InChI=1S/C29H35N3O4S/c1-21(2)30-29(34)24(5)31(19-25-15-11-22(3)12-16-25)28(33)20-32(26-17-13-23(4)14-18-26)37(35,36)27-9-7-6-8-10-27/h6-18,21,24H,19-20H2,1-5H3,(H,30,34)/t24-/m0/s1. The molecule has 0 saturated carbocycles. The first-order valence-corrected chi connectivity index (χ1v) is 13.7. The van der Waals surface area contributed by atoms with E-state index in [1.165, 1.54) is 17.0 Å². The molecule has 196 valence electrons. The first-order chi connectivity index (χ1) is 17.5. The lowest BCUT2D eigenvalue weighted by Crippen LogP contribution is -2.52. The molecule has 1 N–H and O–H groups in total. The van der Waals surface area contributed by atoms with Gasteiger partial charge >= 0.3 is 0 Å². The summed E-state index contributed by atoms with van der Waals surface area (Å²) >= 11 is 0. The van der Waals surface area contributed by atoms with Gasteiger partial charge in [0.25, 0.3) is 10.0 Å². The summed E-state index contributed by atoms with van der Waals surface area (Å²) in [5, 5.41) is 2.86. The number of carbonyl (C=O) groups is 2. The molecule has 0 saturated heterocycles. The van der Waals surface area contributed by atoms with Gasteiger partial charge in [-0.3, -0.25) is 13.9 Å². The average Bonchev–Trinajstić information content (AvgIpc) is 2.87. The van der Waals surface area contributed by atoms with Crippen LogP contribution in [0, 0.1) is 13.8 Å². The van der Waals surface area contributed by atoms with Crippen LogP contribution in [0.5, 0.6) is 0 Å². The van der Waals surface area contributed by atoms with E-state index in [-0.39, 0.29) is 23.4 Å². The molecule has 8 heteroatoms. The Balaban J connectivity index is 2.00. The fourth-order valence-corrected chi connectivity index (χ4v) is 5.27. The number of rotatable bonds is 10. The number of nitrogens with one attached hydrogen (secondary N) is 1. The summed E-state index contributed by atoms with van der Waals surface area (Å²) in [4.78, 5) is 28.3. The third kappa shape index (κ3) is 7.20. The molecule has 0 bridgehead atoms. The average molecular weight is 522 g/mol. The molecule has 0 radical (unpaired) electrons. The van der Waals surface area contributed by atoms with E-state index in [0.29, 0.717) is 5.69 Å². The molecule has 1 atom stereocenters. The van der Waals surface area contributed by atoms with Gasteiger partial charge in [0.1, 0.15) is 12.6 Å². The van der Waals surface area contributed by atoms with E-state index in [0.717, 1.165) is 21.0 Å². The van der Waals surface area contributed by atoms with E-state index in [4.69, 9.17) is 0 Å². The Hall–Kier alpha value is -3.65.